The van der Waals surface area contributed by atoms with E-state index in [-0.39, 0.29) is 0 Å². The quantitative estimate of drug-likeness (QED) is 0.941. The van der Waals surface area contributed by atoms with Crippen LogP contribution in [0.1, 0.15) is 18.7 Å². The number of halogens is 1. The lowest BCUT2D eigenvalue weighted by molar-refractivity contribution is 0.167. The summed E-state index contributed by atoms with van der Waals surface area (Å²) in [5.74, 6) is 1.19. The summed E-state index contributed by atoms with van der Waals surface area (Å²) in [4.78, 5) is 6.80. The van der Waals surface area contributed by atoms with E-state index >= 15 is 0 Å². The van der Waals surface area contributed by atoms with Gasteiger partial charge >= 0.3 is 0 Å². The topological polar surface area (TPSA) is 54.2 Å². The van der Waals surface area contributed by atoms with E-state index in [1.165, 1.54) is 12.8 Å². The number of piperidine rings is 1. The minimum absolute atomic E-state index is 0.546. The lowest BCUT2D eigenvalue weighted by Gasteiger charge is -2.31. The van der Waals surface area contributed by atoms with Crippen LogP contribution in [0.25, 0.3) is 11.4 Å². The zero-order valence-electron chi connectivity index (χ0n) is 12.1. The van der Waals surface area contributed by atoms with E-state index in [2.05, 4.69) is 20.4 Å². The number of nitrogens with one attached hydrogen (secondary N) is 1. The number of benzene rings is 1. The third-order valence-electron chi connectivity index (χ3n) is 3.86. The van der Waals surface area contributed by atoms with Gasteiger partial charge in [0.15, 0.2) is 0 Å². The fourth-order valence-corrected chi connectivity index (χ4v) is 2.92. The second-order valence-electron chi connectivity index (χ2n) is 5.35. The molecule has 0 bridgehead atoms. The average Bonchev–Trinajstić information content (AvgIpc) is 2.96. The predicted octanol–water partition coefficient (Wildman–Crippen LogP) is 2.57. The van der Waals surface area contributed by atoms with Crippen molar-refractivity contribution >= 4 is 11.6 Å². The van der Waals surface area contributed by atoms with Crippen molar-refractivity contribution in [2.45, 2.75) is 25.4 Å². The van der Waals surface area contributed by atoms with Crippen LogP contribution in [0.3, 0.4) is 0 Å². The van der Waals surface area contributed by atoms with Crippen LogP contribution in [-0.4, -0.2) is 41.2 Å². The molecule has 112 valence electrons. The van der Waals surface area contributed by atoms with Gasteiger partial charge in [-0.25, -0.2) is 0 Å². The van der Waals surface area contributed by atoms with E-state index in [0.717, 1.165) is 18.7 Å². The van der Waals surface area contributed by atoms with Gasteiger partial charge in [0.05, 0.1) is 11.6 Å². The molecule has 0 saturated carbocycles. The molecule has 3 rings (SSSR count). The zero-order chi connectivity index (χ0) is 14.7. The summed E-state index contributed by atoms with van der Waals surface area (Å²) >= 11 is 6.16. The van der Waals surface area contributed by atoms with E-state index in [1.807, 2.05) is 31.3 Å². The summed E-state index contributed by atoms with van der Waals surface area (Å²) in [5.41, 5.74) is 0.806. The number of likely N-dealkylation sites (tertiary alicyclic amines) is 1. The Morgan fingerprint density at radius 2 is 2.29 bits per heavy atom. The van der Waals surface area contributed by atoms with Crippen LogP contribution in [0.5, 0.6) is 0 Å². The van der Waals surface area contributed by atoms with Gasteiger partial charge < -0.3 is 9.84 Å². The van der Waals surface area contributed by atoms with Gasteiger partial charge in [0.25, 0.3) is 0 Å². The van der Waals surface area contributed by atoms with Gasteiger partial charge in [0.1, 0.15) is 0 Å². The molecule has 1 fully saturated rings. The molecule has 1 N–H and O–H groups in total. The van der Waals surface area contributed by atoms with Gasteiger partial charge in [-0.1, -0.05) is 28.9 Å². The predicted molar refractivity (Wildman–Crippen MR) is 82.1 cm³/mol. The van der Waals surface area contributed by atoms with Crippen LogP contribution in [0.2, 0.25) is 5.02 Å². The number of hydrogen-bond acceptors (Lipinski definition) is 5. The van der Waals surface area contributed by atoms with Gasteiger partial charge in [0.2, 0.25) is 11.7 Å². The normalized spacial score (nSPS) is 19.8. The van der Waals surface area contributed by atoms with Crippen molar-refractivity contribution < 1.29 is 4.52 Å². The monoisotopic (exact) mass is 306 g/mol. The number of rotatable bonds is 4. The maximum absolute atomic E-state index is 6.16. The maximum atomic E-state index is 6.16. The van der Waals surface area contributed by atoms with Crippen molar-refractivity contribution in [3.8, 4) is 11.4 Å². The van der Waals surface area contributed by atoms with Crippen molar-refractivity contribution in [2.24, 2.45) is 0 Å². The number of likely N-dealkylation sites (N-methyl/N-ethyl adjacent to an activating group) is 1. The van der Waals surface area contributed by atoms with Crippen LogP contribution in [0, 0.1) is 0 Å². The maximum Gasteiger partial charge on any atom is 0.241 e. The summed E-state index contributed by atoms with van der Waals surface area (Å²) in [6, 6.07) is 8.08. The highest BCUT2D eigenvalue weighted by Gasteiger charge is 2.21. The van der Waals surface area contributed by atoms with Crippen molar-refractivity contribution in [3.05, 3.63) is 35.2 Å². The van der Waals surface area contributed by atoms with Crippen LogP contribution in [0.15, 0.2) is 28.8 Å². The highest BCUT2D eigenvalue weighted by atomic mass is 35.5. The molecule has 5 nitrogen and oxygen atoms in total. The Balaban J connectivity index is 1.69. The Morgan fingerprint density at radius 3 is 3.10 bits per heavy atom. The lowest BCUT2D eigenvalue weighted by Crippen LogP contribution is -2.43. The SMILES string of the molecule is CNC1CCCN(Cc2nc(-c3ccccc3Cl)no2)C1. The van der Waals surface area contributed by atoms with Crippen molar-refractivity contribution in [1.29, 1.82) is 0 Å². The molecule has 1 unspecified atom stereocenters. The highest BCUT2D eigenvalue weighted by molar-refractivity contribution is 6.33. The smallest absolute Gasteiger partial charge is 0.241 e. The molecule has 1 saturated heterocycles. The van der Waals surface area contributed by atoms with E-state index in [1.54, 1.807) is 0 Å². The summed E-state index contributed by atoms with van der Waals surface area (Å²) in [7, 11) is 2.01. The van der Waals surface area contributed by atoms with Crippen LogP contribution < -0.4 is 5.32 Å². The second kappa shape index (κ2) is 6.56. The second-order valence-corrected chi connectivity index (χ2v) is 5.76. The van der Waals surface area contributed by atoms with E-state index in [9.17, 15) is 0 Å². The molecule has 1 atom stereocenters. The molecule has 0 amide bonds. The number of hydrogen-bond donors (Lipinski definition) is 1. The Bertz CT molecular complexity index is 601. The Hall–Kier alpha value is -1.43. The van der Waals surface area contributed by atoms with E-state index < -0.39 is 0 Å². The molecule has 1 aromatic carbocycles. The van der Waals surface area contributed by atoms with Crippen molar-refractivity contribution in [2.75, 3.05) is 20.1 Å². The average molecular weight is 307 g/mol. The minimum Gasteiger partial charge on any atom is -0.338 e. The van der Waals surface area contributed by atoms with Gasteiger partial charge in [-0.15, -0.1) is 0 Å². The molecular weight excluding hydrogens is 288 g/mol. The first-order valence-corrected chi connectivity index (χ1v) is 7.61. The van der Waals surface area contributed by atoms with E-state index in [4.69, 9.17) is 16.1 Å². The standard InChI is InChI=1S/C15H19ClN4O/c1-17-11-5-4-8-20(9-11)10-14-18-15(19-21-14)12-6-2-3-7-13(12)16/h2-3,6-7,11,17H,4-5,8-10H2,1H3. The van der Waals surface area contributed by atoms with Gasteiger partial charge in [-0.05, 0) is 38.6 Å². The molecule has 1 aliphatic heterocycles. The molecule has 1 aliphatic rings. The summed E-state index contributed by atoms with van der Waals surface area (Å²) in [5, 5.41) is 8.01. The van der Waals surface area contributed by atoms with Crippen LogP contribution in [-0.2, 0) is 6.54 Å². The van der Waals surface area contributed by atoms with Crippen LogP contribution >= 0.6 is 11.6 Å². The molecule has 0 spiro atoms. The Labute approximate surface area is 129 Å². The fraction of sp³-hybridized carbons (Fsp3) is 0.467. The molecule has 2 heterocycles. The van der Waals surface area contributed by atoms with Crippen molar-refractivity contribution in [3.63, 3.8) is 0 Å². The molecule has 0 aliphatic carbocycles. The Kier molecular flexibility index (Phi) is 4.53. The number of aromatic nitrogens is 2. The first-order valence-electron chi connectivity index (χ1n) is 7.23. The third-order valence-corrected chi connectivity index (χ3v) is 4.19. The minimum atomic E-state index is 0.546. The summed E-state index contributed by atoms with van der Waals surface area (Å²) < 4.78 is 5.36. The van der Waals surface area contributed by atoms with Gasteiger partial charge in [0, 0.05) is 18.2 Å². The molecule has 21 heavy (non-hydrogen) atoms. The Morgan fingerprint density at radius 1 is 1.43 bits per heavy atom. The first kappa shape index (κ1) is 14.5. The van der Waals surface area contributed by atoms with Gasteiger partial charge in [-0.2, -0.15) is 4.98 Å². The number of nitrogens with zero attached hydrogens (tertiary/aromatic N) is 3. The van der Waals surface area contributed by atoms with Gasteiger partial charge in [-0.3, -0.25) is 4.90 Å². The first-order chi connectivity index (χ1) is 10.3. The highest BCUT2D eigenvalue weighted by Crippen LogP contribution is 2.25. The molecular formula is C15H19ClN4O. The third kappa shape index (κ3) is 3.43. The molecule has 0 radical (unpaired) electrons. The fourth-order valence-electron chi connectivity index (χ4n) is 2.70. The largest absolute Gasteiger partial charge is 0.338 e. The molecule has 2 aromatic rings. The van der Waals surface area contributed by atoms with Crippen LogP contribution in [0.4, 0.5) is 0 Å². The summed E-state index contributed by atoms with van der Waals surface area (Å²) in [6.45, 7) is 2.78. The lowest BCUT2D eigenvalue weighted by atomic mass is 10.1. The molecule has 6 heteroatoms. The summed E-state index contributed by atoms with van der Waals surface area (Å²) in [6.07, 6.45) is 2.42. The van der Waals surface area contributed by atoms with E-state index in [0.29, 0.717) is 29.3 Å². The molecule has 1 aromatic heterocycles. The van der Waals surface area contributed by atoms with Crippen molar-refractivity contribution in [1.82, 2.24) is 20.4 Å². The zero-order valence-corrected chi connectivity index (χ0v) is 12.8.